The molecule has 5 heteroatoms. The minimum Gasteiger partial charge on any atom is -0.374 e. The first-order chi connectivity index (χ1) is 7.30. The van der Waals surface area contributed by atoms with Gasteiger partial charge in [-0.25, -0.2) is 0 Å². The highest BCUT2D eigenvalue weighted by Crippen LogP contribution is 2.48. The van der Waals surface area contributed by atoms with Crippen LogP contribution < -0.4 is 0 Å². The fourth-order valence-electron chi connectivity index (χ4n) is 2.42. The van der Waals surface area contributed by atoms with Gasteiger partial charge in [0.25, 0.3) is 0 Å². The molecule has 0 amide bonds. The molecule has 1 aromatic heterocycles. The van der Waals surface area contributed by atoms with Crippen LogP contribution in [0.15, 0.2) is 4.60 Å². The Labute approximate surface area is 95.7 Å². The minimum atomic E-state index is -0.170. The zero-order chi connectivity index (χ0) is 10.0. The second kappa shape index (κ2) is 2.64. The molecule has 4 nitrogen and oxygen atoms in total. The van der Waals surface area contributed by atoms with Crippen molar-refractivity contribution in [3.05, 3.63) is 15.9 Å². The lowest BCUT2D eigenvalue weighted by molar-refractivity contribution is -0.213. The molecule has 0 bridgehead atoms. The molecule has 0 aromatic carbocycles. The van der Waals surface area contributed by atoms with Crippen LogP contribution in [0.5, 0.6) is 0 Å². The summed E-state index contributed by atoms with van der Waals surface area (Å²) in [5, 5.41) is 4.57. The molecule has 3 heterocycles. The van der Waals surface area contributed by atoms with Gasteiger partial charge in [0, 0.05) is 5.56 Å². The molecule has 1 spiro atoms. The van der Waals surface area contributed by atoms with Crippen molar-refractivity contribution in [3.63, 3.8) is 0 Å². The van der Waals surface area contributed by atoms with E-state index < -0.39 is 0 Å². The number of aromatic nitrogens is 2. The first-order valence-electron chi connectivity index (χ1n) is 5.29. The summed E-state index contributed by atoms with van der Waals surface area (Å²) in [6.45, 7) is 2.04. The normalized spacial score (nSPS) is 26.7. The van der Waals surface area contributed by atoms with Gasteiger partial charge >= 0.3 is 0 Å². The van der Waals surface area contributed by atoms with Crippen LogP contribution in [-0.4, -0.2) is 23.0 Å². The molecule has 0 atom stereocenters. The van der Waals surface area contributed by atoms with E-state index in [4.69, 9.17) is 9.47 Å². The lowest BCUT2D eigenvalue weighted by atomic mass is 9.97. The van der Waals surface area contributed by atoms with Gasteiger partial charge in [-0.3, -0.25) is 4.68 Å². The van der Waals surface area contributed by atoms with Crippen LogP contribution >= 0.6 is 15.9 Å². The van der Waals surface area contributed by atoms with Gasteiger partial charge in [-0.1, -0.05) is 0 Å². The third kappa shape index (κ3) is 1.01. The van der Waals surface area contributed by atoms with Crippen molar-refractivity contribution >= 4 is 15.9 Å². The molecule has 1 aromatic rings. The third-order valence-electron chi connectivity index (χ3n) is 3.45. The van der Waals surface area contributed by atoms with Gasteiger partial charge in [0.05, 0.1) is 31.6 Å². The van der Waals surface area contributed by atoms with E-state index in [0.29, 0.717) is 25.9 Å². The highest BCUT2D eigenvalue weighted by atomic mass is 79.9. The van der Waals surface area contributed by atoms with Gasteiger partial charge in [0.1, 0.15) is 4.60 Å². The number of hydrogen-bond donors (Lipinski definition) is 0. The van der Waals surface area contributed by atoms with Crippen LogP contribution in [-0.2, 0) is 21.7 Å². The Kier molecular flexibility index (Phi) is 1.54. The number of fused-ring (bicyclic) bond motifs is 2. The van der Waals surface area contributed by atoms with Crippen molar-refractivity contribution < 1.29 is 9.47 Å². The van der Waals surface area contributed by atoms with Crippen LogP contribution in [0.4, 0.5) is 0 Å². The summed E-state index contributed by atoms with van der Waals surface area (Å²) >= 11 is 3.52. The molecule has 2 aliphatic heterocycles. The molecule has 1 aliphatic carbocycles. The Morgan fingerprint density at radius 2 is 2.20 bits per heavy atom. The predicted octanol–water partition coefficient (Wildman–Crippen LogP) is 1.74. The van der Waals surface area contributed by atoms with Crippen LogP contribution in [0.1, 0.15) is 30.1 Å². The largest absolute Gasteiger partial charge is 0.374 e. The maximum Gasteiger partial charge on any atom is 0.157 e. The Balaban J connectivity index is 1.91. The minimum absolute atomic E-state index is 0.170. The molecule has 3 aliphatic rings. The highest BCUT2D eigenvalue weighted by molar-refractivity contribution is 9.10. The number of nitrogens with zero attached hydrogens (tertiary/aromatic N) is 2. The van der Waals surface area contributed by atoms with E-state index in [1.807, 2.05) is 0 Å². The second-order valence-corrected chi connectivity index (χ2v) is 5.32. The standard InChI is InChI=1S/C10H11BrN2O2/c11-9-7-3-15-10(4-14-5-10)8(7)13(12-9)6-1-2-6/h6H,1-5H2. The number of hydrogen-bond acceptors (Lipinski definition) is 3. The molecule has 0 N–H and O–H groups in total. The van der Waals surface area contributed by atoms with Crippen LogP contribution in [0, 0.1) is 0 Å². The molecular weight excluding hydrogens is 260 g/mol. The first kappa shape index (κ1) is 8.73. The van der Waals surface area contributed by atoms with Crippen LogP contribution in [0.25, 0.3) is 0 Å². The van der Waals surface area contributed by atoms with Crippen molar-refractivity contribution in [1.82, 2.24) is 9.78 Å². The molecule has 4 rings (SSSR count). The van der Waals surface area contributed by atoms with E-state index in [1.165, 1.54) is 24.1 Å². The highest BCUT2D eigenvalue weighted by Gasteiger charge is 2.52. The van der Waals surface area contributed by atoms with Gasteiger partial charge < -0.3 is 9.47 Å². The fraction of sp³-hybridized carbons (Fsp3) is 0.700. The summed E-state index contributed by atoms with van der Waals surface area (Å²) in [5.41, 5.74) is 2.32. The lowest BCUT2D eigenvalue weighted by Gasteiger charge is -2.37. The average Bonchev–Trinajstić information content (AvgIpc) is 2.82. The van der Waals surface area contributed by atoms with E-state index in [-0.39, 0.29) is 5.60 Å². The van der Waals surface area contributed by atoms with Crippen molar-refractivity contribution in [3.8, 4) is 0 Å². The summed E-state index contributed by atoms with van der Waals surface area (Å²) in [5.74, 6) is 0. The van der Waals surface area contributed by atoms with Crippen LogP contribution in [0.3, 0.4) is 0 Å². The van der Waals surface area contributed by atoms with Gasteiger partial charge in [0.2, 0.25) is 0 Å². The van der Waals surface area contributed by atoms with E-state index >= 15 is 0 Å². The molecule has 1 saturated heterocycles. The number of ether oxygens (including phenoxy) is 2. The van der Waals surface area contributed by atoms with Crippen molar-refractivity contribution in [2.75, 3.05) is 13.2 Å². The Bertz CT molecular complexity index is 435. The fourth-order valence-corrected chi connectivity index (χ4v) is 2.90. The molecule has 0 unspecified atom stereocenters. The zero-order valence-electron chi connectivity index (χ0n) is 8.20. The molecule has 2 fully saturated rings. The predicted molar refractivity (Wildman–Crippen MR) is 55.5 cm³/mol. The Morgan fingerprint density at radius 1 is 1.40 bits per heavy atom. The summed E-state index contributed by atoms with van der Waals surface area (Å²) in [4.78, 5) is 0. The Hall–Kier alpha value is -0.390. The molecular formula is C10H11BrN2O2. The van der Waals surface area contributed by atoms with Gasteiger partial charge in [-0.15, -0.1) is 0 Å². The summed E-state index contributed by atoms with van der Waals surface area (Å²) in [7, 11) is 0. The van der Waals surface area contributed by atoms with Crippen LogP contribution in [0.2, 0.25) is 0 Å². The van der Waals surface area contributed by atoms with Crippen molar-refractivity contribution in [2.45, 2.75) is 31.1 Å². The smallest absolute Gasteiger partial charge is 0.157 e. The monoisotopic (exact) mass is 270 g/mol. The average molecular weight is 271 g/mol. The number of halogens is 1. The maximum absolute atomic E-state index is 5.87. The molecule has 15 heavy (non-hydrogen) atoms. The maximum atomic E-state index is 5.87. The quantitative estimate of drug-likeness (QED) is 0.780. The first-order valence-corrected chi connectivity index (χ1v) is 6.08. The van der Waals surface area contributed by atoms with E-state index in [1.54, 1.807) is 0 Å². The Morgan fingerprint density at radius 3 is 2.80 bits per heavy atom. The molecule has 0 radical (unpaired) electrons. The topological polar surface area (TPSA) is 36.3 Å². The van der Waals surface area contributed by atoms with E-state index in [0.717, 1.165) is 4.60 Å². The summed E-state index contributed by atoms with van der Waals surface area (Å²) < 4.78 is 14.3. The third-order valence-corrected chi connectivity index (χ3v) is 4.08. The summed E-state index contributed by atoms with van der Waals surface area (Å²) in [6, 6.07) is 0.601. The molecule has 1 saturated carbocycles. The van der Waals surface area contributed by atoms with Gasteiger partial charge in [0.15, 0.2) is 5.60 Å². The zero-order valence-corrected chi connectivity index (χ0v) is 9.79. The molecule has 80 valence electrons. The van der Waals surface area contributed by atoms with Crippen molar-refractivity contribution in [1.29, 1.82) is 0 Å². The number of rotatable bonds is 1. The van der Waals surface area contributed by atoms with E-state index in [9.17, 15) is 0 Å². The van der Waals surface area contributed by atoms with Gasteiger partial charge in [-0.2, -0.15) is 5.10 Å². The lowest BCUT2D eigenvalue weighted by Crippen LogP contribution is -2.47. The van der Waals surface area contributed by atoms with Gasteiger partial charge in [-0.05, 0) is 28.8 Å². The van der Waals surface area contributed by atoms with E-state index in [2.05, 4.69) is 25.7 Å². The SMILES string of the molecule is Brc1nn(C2CC2)c2c1COC21COC1. The second-order valence-electron chi connectivity index (χ2n) is 4.57. The summed E-state index contributed by atoms with van der Waals surface area (Å²) in [6.07, 6.45) is 2.50. The van der Waals surface area contributed by atoms with Crippen molar-refractivity contribution in [2.24, 2.45) is 0 Å².